The Morgan fingerprint density at radius 2 is 2.21 bits per heavy atom. The van der Waals surface area contributed by atoms with Gasteiger partial charge < -0.3 is 15.2 Å². The third kappa shape index (κ3) is 3.06. The van der Waals surface area contributed by atoms with Crippen molar-refractivity contribution in [3.05, 3.63) is 46.2 Å². The summed E-state index contributed by atoms with van der Waals surface area (Å²) in [4.78, 5) is 12.1. The number of nitrogens with one attached hydrogen (secondary N) is 1. The maximum Gasteiger partial charge on any atom is 0.255 e. The molecule has 4 nitrogen and oxygen atoms in total. The summed E-state index contributed by atoms with van der Waals surface area (Å²) in [6.07, 6.45) is 0. The van der Waals surface area contributed by atoms with Gasteiger partial charge in [-0.15, -0.1) is 0 Å². The van der Waals surface area contributed by atoms with Gasteiger partial charge in [0.15, 0.2) is 0 Å². The molecule has 0 saturated carbocycles. The van der Waals surface area contributed by atoms with Crippen molar-refractivity contribution in [2.24, 2.45) is 0 Å². The van der Waals surface area contributed by atoms with Crippen LogP contribution in [0.4, 0.5) is 0 Å². The molecule has 2 aromatic rings. The summed E-state index contributed by atoms with van der Waals surface area (Å²) in [5.74, 6) is 0.119. The van der Waals surface area contributed by atoms with Gasteiger partial charge in [-0.1, -0.05) is 0 Å². The molecule has 19 heavy (non-hydrogen) atoms. The number of carbonyl (C=O) groups is 1. The van der Waals surface area contributed by atoms with Gasteiger partial charge in [-0.05, 0) is 41.4 Å². The van der Waals surface area contributed by atoms with Crippen molar-refractivity contribution in [2.75, 3.05) is 7.11 Å². The van der Waals surface area contributed by atoms with Gasteiger partial charge in [-0.25, -0.2) is 0 Å². The molecule has 1 aromatic heterocycles. The maximum absolute atomic E-state index is 12.1. The Hall–Kier alpha value is -2.01. The van der Waals surface area contributed by atoms with Crippen molar-refractivity contribution in [3.63, 3.8) is 0 Å². The lowest BCUT2D eigenvalue weighted by Gasteiger charge is -2.13. The number of rotatable bonds is 4. The zero-order valence-electron chi connectivity index (χ0n) is 10.7. The number of amides is 1. The molecule has 0 aliphatic rings. The van der Waals surface area contributed by atoms with Gasteiger partial charge in [0.05, 0.1) is 18.7 Å². The monoisotopic (exact) mass is 277 g/mol. The molecule has 1 atom stereocenters. The molecule has 0 aliphatic carbocycles. The van der Waals surface area contributed by atoms with E-state index in [1.165, 1.54) is 13.2 Å². The van der Waals surface area contributed by atoms with Crippen LogP contribution < -0.4 is 10.1 Å². The van der Waals surface area contributed by atoms with E-state index in [2.05, 4.69) is 5.32 Å². The summed E-state index contributed by atoms with van der Waals surface area (Å²) in [6.45, 7) is 1.90. The number of hydrogen-bond acceptors (Lipinski definition) is 4. The Morgan fingerprint density at radius 1 is 1.42 bits per heavy atom. The molecule has 0 spiro atoms. The number of aromatic hydroxyl groups is 1. The van der Waals surface area contributed by atoms with Crippen molar-refractivity contribution >= 4 is 17.2 Å². The number of phenols is 1. The average molecular weight is 277 g/mol. The minimum Gasteiger partial charge on any atom is -0.507 e. The van der Waals surface area contributed by atoms with Gasteiger partial charge in [-0.2, -0.15) is 11.3 Å². The quantitative estimate of drug-likeness (QED) is 0.903. The molecule has 0 radical (unpaired) electrons. The third-order valence-electron chi connectivity index (χ3n) is 2.84. The highest BCUT2D eigenvalue weighted by Gasteiger charge is 2.15. The summed E-state index contributed by atoms with van der Waals surface area (Å²) in [5.41, 5.74) is 1.29. The number of thiophene rings is 1. The largest absolute Gasteiger partial charge is 0.507 e. The van der Waals surface area contributed by atoms with E-state index in [9.17, 15) is 9.90 Å². The topological polar surface area (TPSA) is 58.6 Å². The summed E-state index contributed by atoms with van der Waals surface area (Å²) in [6, 6.07) is 6.47. The van der Waals surface area contributed by atoms with E-state index in [4.69, 9.17) is 4.74 Å². The third-order valence-corrected chi connectivity index (χ3v) is 3.54. The van der Waals surface area contributed by atoms with Crippen LogP contribution in [0.25, 0.3) is 0 Å². The molecule has 5 heteroatoms. The van der Waals surface area contributed by atoms with Gasteiger partial charge in [-0.3, -0.25) is 4.79 Å². The van der Waals surface area contributed by atoms with Crippen LogP contribution in [0.3, 0.4) is 0 Å². The van der Waals surface area contributed by atoms with Gasteiger partial charge in [0.2, 0.25) is 0 Å². The molecule has 0 bridgehead atoms. The Labute approximate surface area is 115 Å². The number of methoxy groups -OCH3 is 1. The molecule has 0 fully saturated rings. The highest BCUT2D eigenvalue weighted by atomic mass is 32.1. The Morgan fingerprint density at radius 3 is 2.79 bits per heavy atom. The van der Waals surface area contributed by atoms with Crippen molar-refractivity contribution < 1.29 is 14.6 Å². The lowest BCUT2D eigenvalue weighted by molar-refractivity contribution is 0.0937. The van der Waals surface area contributed by atoms with Crippen molar-refractivity contribution in [1.82, 2.24) is 5.32 Å². The summed E-state index contributed by atoms with van der Waals surface area (Å²) in [7, 11) is 1.51. The minimum absolute atomic E-state index is 0.0885. The number of carbonyl (C=O) groups excluding carboxylic acids is 1. The number of hydrogen-bond donors (Lipinski definition) is 2. The highest BCUT2D eigenvalue weighted by molar-refractivity contribution is 7.07. The lowest BCUT2D eigenvalue weighted by Crippen LogP contribution is -2.26. The first-order chi connectivity index (χ1) is 9.11. The van der Waals surface area contributed by atoms with Gasteiger partial charge in [0, 0.05) is 6.07 Å². The van der Waals surface area contributed by atoms with E-state index in [-0.39, 0.29) is 23.3 Å². The molecule has 1 unspecified atom stereocenters. The van der Waals surface area contributed by atoms with E-state index < -0.39 is 0 Å². The second-order valence-corrected chi connectivity index (χ2v) is 4.91. The number of phenolic OH excluding ortho intramolecular Hbond substituents is 1. The SMILES string of the molecule is COc1ccc(C(=O)NC(C)c2ccsc2)c(O)c1. The summed E-state index contributed by atoms with van der Waals surface area (Å²) >= 11 is 1.58. The second kappa shape index (κ2) is 5.75. The van der Waals surface area contributed by atoms with Crippen LogP contribution in [0, 0.1) is 0 Å². The van der Waals surface area contributed by atoms with Gasteiger partial charge in [0.1, 0.15) is 11.5 Å². The first kappa shape index (κ1) is 13.4. The van der Waals surface area contributed by atoms with Crippen molar-refractivity contribution in [1.29, 1.82) is 0 Å². The highest BCUT2D eigenvalue weighted by Crippen LogP contribution is 2.24. The molecular weight excluding hydrogens is 262 g/mol. The zero-order valence-corrected chi connectivity index (χ0v) is 11.5. The average Bonchev–Trinajstić information content (AvgIpc) is 2.92. The van der Waals surface area contributed by atoms with Crippen LogP contribution in [0.2, 0.25) is 0 Å². The van der Waals surface area contributed by atoms with E-state index in [0.717, 1.165) is 5.56 Å². The van der Waals surface area contributed by atoms with Gasteiger partial charge in [0.25, 0.3) is 5.91 Å². The van der Waals surface area contributed by atoms with Crippen LogP contribution in [-0.4, -0.2) is 18.1 Å². The smallest absolute Gasteiger partial charge is 0.255 e. The maximum atomic E-state index is 12.1. The fourth-order valence-electron chi connectivity index (χ4n) is 1.71. The van der Waals surface area contributed by atoms with Crippen molar-refractivity contribution in [3.8, 4) is 11.5 Å². The normalized spacial score (nSPS) is 11.9. The Balaban J connectivity index is 2.12. The predicted molar refractivity (Wildman–Crippen MR) is 74.9 cm³/mol. The summed E-state index contributed by atoms with van der Waals surface area (Å²) in [5, 5.41) is 16.6. The molecule has 100 valence electrons. The van der Waals surface area contributed by atoms with Crippen molar-refractivity contribution in [2.45, 2.75) is 13.0 Å². The number of ether oxygens (including phenoxy) is 1. The molecule has 2 rings (SSSR count). The molecule has 1 heterocycles. The van der Waals surface area contributed by atoms with E-state index in [0.29, 0.717) is 5.75 Å². The molecule has 2 N–H and O–H groups in total. The summed E-state index contributed by atoms with van der Waals surface area (Å²) < 4.78 is 4.98. The molecular formula is C14H15NO3S. The molecule has 1 amide bonds. The van der Waals surface area contributed by atoms with Crippen LogP contribution in [0.5, 0.6) is 11.5 Å². The first-order valence-corrected chi connectivity index (χ1v) is 6.76. The van der Waals surface area contributed by atoms with E-state index >= 15 is 0 Å². The Bertz CT molecular complexity index is 566. The van der Waals surface area contributed by atoms with E-state index in [1.807, 2.05) is 23.8 Å². The second-order valence-electron chi connectivity index (χ2n) is 4.13. The minimum atomic E-state index is -0.307. The fourth-order valence-corrected chi connectivity index (χ4v) is 2.46. The van der Waals surface area contributed by atoms with Crippen LogP contribution in [0.15, 0.2) is 35.0 Å². The first-order valence-electron chi connectivity index (χ1n) is 5.81. The van der Waals surface area contributed by atoms with Gasteiger partial charge >= 0.3 is 0 Å². The standard InChI is InChI=1S/C14H15NO3S/c1-9(10-5-6-19-8-10)15-14(17)12-4-3-11(18-2)7-13(12)16/h3-9,16H,1-2H3,(H,15,17). The lowest BCUT2D eigenvalue weighted by atomic mass is 10.1. The van der Waals surface area contributed by atoms with E-state index in [1.54, 1.807) is 23.5 Å². The number of benzene rings is 1. The Kier molecular flexibility index (Phi) is 4.06. The van der Waals surface area contributed by atoms with Crippen LogP contribution >= 0.6 is 11.3 Å². The molecule has 1 aromatic carbocycles. The van der Waals surface area contributed by atoms with Crippen LogP contribution in [-0.2, 0) is 0 Å². The zero-order chi connectivity index (χ0) is 13.8. The predicted octanol–water partition coefficient (Wildman–Crippen LogP) is 2.95. The molecule has 0 saturated heterocycles. The molecule has 0 aliphatic heterocycles. The fraction of sp³-hybridized carbons (Fsp3) is 0.214. The van der Waals surface area contributed by atoms with Crippen LogP contribution in [0.1, 0.15) is 28.9 Å².